The Hall–Kier alpha value is -0.650. The molecule has 1 saturated heterocycles. The van der Waals surface area contributed by atoms with Gasteiger partial charge in [0.2, 0.25) is 5.91 Å². The fourth-order valence-corrected chi connectivity index (χ4v) is 2.65. The molecule has 0 aromatic carbocycles. The summed E-state index contributed by atoms with van der Waals surface area (Å²) in [5.74, 6) is -0.274. The molecule has 0 saturated carbocycles. The van der Waals surface area contributed by atoms with Crippen molar-refractivity contribution >= 4 is 5.91 Å². The molecule has 0 aromatic heterocycles. The minimum Gasteiger partial charge on any atom is -0.373 e. The molecular weight excluding hydrogens is 242 g/mol. The Bertz CT molecular complexity index is 288. The standard InChI is InChI=1S/C14H29N3O2/c1-11-9-17(10-12(2)19-11)8-6-5-7-14(3,16-4)13(15)18/h11-12,16H,5-10H2,1-4H3,(H2,15,18)/t11-,12+,14?. The number of hydrogen-bond acceptors (Lipinski definition) is 4. The molecule has 0 spiro atoms. The molecule has 1 aliphatic rings. The van der Waals surface area contributed by atoms with E-state index in [9.17, 15) is 4.79 Å². The molecule has 3 N–H and O–H groups in total. The quantitative estimate of drug-likeness (QED) is 0.670. The number of morpholine rings is 1. The van der Waals surface area contributed by atoms with Crippen molar-refractivity contribution in [2.45, 2.75) is 57.8 Å². The summed E-state index contributed by atoms with van der Waals surface area (Å²) < 4.78 is 5.71. The van der Waals surface area contributed by atoms with Gasteiger partial charge >= 0.3 is 0 Å². The van der Waals surface area contributed by atoms with Gasteiger partial charge in [-0.05, 0) is 53.6 Å². The van der Waals surface area contributed by atoms with E-state index in [-0.39, 0.29) is 5.91 Å². The highest BCUT2D eigenvalue weighted by atomic mass is 16.5. The van der Waals surface area contributed by atoms with Gasteiger partial charge in [0.15, 0.2) is 0 Å². The van der Waals surface area contributed by atoms with Gasteiger partial charge in [-0.1, -0.05) is 0 Å². The largest absolute Gasteiger partial charge is 0.373 e. The van der Waals surface area contributed by atoms with Crippen LogP contribution in [-0.2, 0) is 9.53 Å². The van der Waals surface area contributed by atoms with Crippen molar-refractivity contribution in [1.29, 1.82) is 0 Å². The Morgan fingerprint density at radius 1 is 1.37 bits per heavy atom. The van der Waals surface area contributed by atoms with Crippen LogP contribution in [0.3, 0.4) is 0 Å². The predicted octanol–water partition coefficient (Wildman–Crippen LogP) is 0.729. The lowest BCUT2D eigenvalue weighted by molar-refractivity contribution is -0.123. The molecule has 1 aliphatic heterocycles. The number of ether oxygens (including phenoxy) is 1. The summed E-state index contributed by atoms with van der Waals surface area (Å²) in [7, 11) is 1.79. The number of rotatable bonds is 7. The predicted molar refractivity (Wildman–Crippen MR) is 77.0 cm³/mol. The van der Waals surface area contributed by atoms with Crippen LogP contribution in [0.4, 0.5) is 0 Å². The van der Waals surface area contributed by atoms with Crippen molar-refractivity contribution in [1.82, 2.24) is 10.2 Å². The van der Waals surface area contributed by atoms with Crippen LogP contribution in [0, 0.1) is 0 Å². The molecule has 0 aliphatic carbocycles. The van der Waals surface area contributed by atoms with Gasteiger partial charge in [0.05, 0.1) is 17.7 Å². The third kappa shape index (κ3) is 5.09. The fraction of sp³-hybridized carbons (Fsp3) is 0.929. The number of nitrogens with zero attached hydrogens (tertiary/aromatic N) is 1. The van der Waals surface area contributed by atoms with Crippen LogP contribution in [-0.4, -0.2) is 55.2 Å². The highest BCUT2D eigenvalue weighted by Gasteiger charge is 2.28. The highest BCUT2D eigenvalue weighted by Crippen LogP contribution is 2.15. The second-order valence-electron chi connectivity index (χ2n) is 5.92. The highest BCUT2D eigenvalue weighted by molar-refractivity contribution is 5.84. The number of carbonyl (C=O) groups excluding carboxylic acids is 1. The molecule has 112 valence electrons. The topological polar surface area (TPSA) is 67.6 Å². The number of unbranched alkanes of at least 4 members (excludes halogenated alkanes) is 1. The minimum absolute atomic E-state index is 0.274. The van der Waals surface area contributed by atoms with E-state index in [1.54, 1.807) is 7.05 Å². The normalized spacial score (nSPS) is 28.0. The number of primary amides is 1. The first kappa shape index (κ1) is 16.4. The number of carbonyl (C=O) groups is 1. The van der Waals surface area contributed by atoms with E-state index in [0.29, 0.717) is 12.2 Å². The summed E-state index contributed by atoms with van der Waals surface area (Å²) in [6.45, 7) is 9.18. The van der Waals surface area contributed by atoms with Gasteiger partial charge in [-0.2, -0.15) is 0 Å². The number of likely N-dealkylation sites (N-methyl/N-ethyl adjacent to an activating group) is 1. The van der Waals surface area contributed by atoms with Crippen molar-refractivity contribution in [2.75, 3.05) is 26.7 Å². The van der Waals surface area contributed by atoms with Gasteiger partial charge in [-0.3, -0.25) is 9.69 Å². The molecule has 1 fully saturated rings. The van der Waals surface area contributed by atoms with Crippen LogP contribution in [0.2, 0.25) is 0 Å². The Labute approximate surface area is 116 Å². The van der Waals surface area contributed by atoms with Gasteiger partial charge in [-0.25, -0.2) is 0 Å². The molecule has 0 aromatic rings. The molecule has 1 amide bonds. The molecular formula is C14H29N3O2. The van der Waals surface area contributed by atoms with E-state index in [2.05, 4.69) is 24.1 Å². The smallest absolute Gasteiger partial charge is 0.237 e. The van der Waals surface area contributed by atoms with E-state index in [1.807, 2.05) is 6.92 Å². The van der Waals surface area contributed by atoms with E-state index in [0.717, 1.165) is 38.9 Å². The zero-order valence-corrected chi connectivity index (χ0v) is 12.7. The first-order valence-corrected chi connectivity index (χ1v) is 7.24. The summed E-state index contributed by atoms with van der Waals surface area (Å²) in [6, 6.07) is 0. The summed E-state index contributed by atoms with van der Waals surface area (Å²) in [4.78, 5) is 13.8. The number of hydrogen-bond donors (Lipinski definition) is 2. The SMILES string of the molecule is CNC(C)(CCCCN1C[C@@H](C)O[C@@H](C)C1)C(N)=O. The molecule has 0 bridgehead atoms. The third-order valence-corrected chi connectivity index (χ3v) is 3.99. The van der Waals surface area contributed by atoms with Gasteiger partial charge in [0, 0.05) is 13.1 Å². The molecule has 3 atom stereocenters. The maximum Gasteiger partial charge on any atom is 0.237 e. The average molecular weight is 271 g/mol. The molecule has 1 rings (SSSR count). The van der Waals surface area contributed by atoms with Crippen LogP contribution < -0.4 is 11.1 Å². The zero-order chi connectivity index (χ0) is 14.5. The number of nitrogens with one attached hydrogen (secondary N) is 1. The monoisotopic (exact) mass is 271 g/mol. The van der Waals surface area contributed by atoms with Crippen LogP contribution in [0.1, 0.15) is 40.0 Å². The lowest BCUT2D eigenvalue weighted by Gasteiger charge is -2.35. The van der Waals surface area contributed by atoms with E-state index >= 15 is 0 Å². The van der Waals surface area contributed by atoms with Gasteiger partial charge in [0.1, 0.15) is 0 Å². The second kappa shape index (κ2) is 7.22. The second-order valence-corrected chi connectivity index (χ2v) is 5.92. The third-order valence-electron chi connectivity index (χ3n) is 3.99. The molecule has 1 unspecified atom stereocenters. The van der Waals surface area contributed by atoms with E-state index in [1.165, 1.54) is 0 Å². The van der Waals surface area contributed by atoms with Crippen molar-refractivity contribution < 1.29 is 9.53 Å². The Morgan fingerprint density at radius 3 is 2.42 bits per heavy atom. The van der Waals surface area contributed by atoms with Crippen molar-refractivity contribution in [2.24, 2.45) is 5.73 Å². The van der Waals surface area contributed by atoms with E-state index < -0.39 is 5.54 Å². The van der Waals surface area contributed by atoms with Gasteiger partial charge in [0.25, 0.3) is 0 Å². The average Bonchev–Trinajstić information content (AvgIpc) is 2.33. The van der Waals surface area contributed by atoms with Crippen LogP contribution >= 0.6 is 0 Å². The van der Waals surface area contributed by atoms with Crippen molar-refractivity contribution in [3.8, 4) is 0 Å². The fourth-order valence-electron chi connectivity index (χ4n) is 2.65. The summed E-state index contributed by atoms with van der Waals surface area (Å²) >= 11 is 0. The molecule has 0 radical (unpaired) electrons. The van der Waals surface area contributed by atoms with Gasteiger partial charge in [-0.15, -0.1) is 0 Å². The lowest BCUT2D eigenvalue weighted by Crippen LogP contribution is -2.51. The first-order valence-electron chi connectivity index (χ1n) is 7.24. The maximum absolute atomic E-state index is 11.4. The van der Waals surface area contributed by atoms with Crippen LogP contribution in [0.15, 0.2) is 0 Å². The molecule has 5 nitrogen and oxygen atoms in total. The Balaban J connectivity index is 2.25. The van der Waals surface area contributed by atoms with Crippen molar-refractivity contribution in [3.63, 3.8) is 0 Å². The minimum atomic E-state index is -0.578. The van der Waals surface area contributed by atoms with Gasteiger partial charge < -0.3 is 15.8 Å². The summed E-state index contributed by atoms with van der Waals surface area (Å²) in [6.07, 6.45) is 3.51. The molecule has 5 heteroatoms. The van der Waals surface area contributed by atoms with E-state index in [4.69, 9.17) is 10.5 Å². The number of nitrogens with two attached hydrogens (primary N) is 1. The molecule has 1 heterocycles. The number of amides is 1. The zero-order valence-electron chi connectivity index (χ0n) is 12.7. The van der Waals surface area contributed by atoms with Crippen LogP contribution in [0.25, 0.3) is 0 Å². The first-order chi connectivity index (χ1) is 8.87. The molecule has 19 heavy (non-hydrogen) atoms. The Kier molecular flexibility index (Phi) is 6.23. The van der Waals surface area contributed by atoms with Crippen molar-refractivity contribution in [3.05, 3.63) is 0 Å². The lowest BCUT2D eigenvalue weighted by atomic mass is 9.94. The Morgan fingerprint density at radius 2 is 1.95 bits per heavy atom. The van der Waals surface area contributed by atoms with Crippen LogP contribution in [0.5, 0.6) is 0 Å². The summed E-state index contributed by atoms with van der Waals surface area (Å²) in [5.41, 5.74) is 4.84. The summed E-state index contributed by atoms with van der Waals surface area (Å²) in [5, 5.41) is 3.02. The maximum atomic E-state index is 11.4.